The van der Waals surface area contributed by atoms with Crippen molar-refractivity contribution in [3.05, 3.63) is 30.0 Å². The van der Waals surface area contributed by atoms with E-state index in [9.17, 15) is 0 Å². The fourth-order valence-electron chi connectivity index (χ4n) is 2.30. The molecular formula is C14H17N3. The highest BCUT2D eigenvalue weighted by molar-refractivity contribution is 5.94. The molecule has 0 radical (unpaired) electrons. The van der Waals surface area contributed by atoms with E-state index < -0.39 is 0 Å². The maximum absolute atomic E-state index is 5.88. The van der Waals surface area contributed by atoms with Gasteiger partial charge in [0.15, 0.2) is 0 Å². The molecule has 1 heterocycles. The smallest absolute Gasteiger partial charge is 0.0727 e. The van der Waals surface area contributed by atoms with Crippen LogP contribution in [0.15, 0.2) is 24.3 Å². The zero-order valence-electron chi connectivity index (χ0n) is 10.3. The van der Waals surface area contributed by atoms with E-state index >= 15 is 0 Å². The van der Waals surface area contributed by atoms with Gasteiger partial charge >= 0.3 is 0 Å². The van der Waals surface area contributed by atoms with E-state index in [-0.39, 0.29) is 0 Å². The summed E-state index contributed by atoms with van der Waals surface area (Å²) in [7, 11) is 2.16. The lowest BCUT2D eigenvalue weighted by Gasteiger charge is -2.21. The van der Waals surface area contributed by atoms with E-state index in [0.29, 0.717) is 6.04 Å². The zero-order valence-corrected chi connectivity index (χ0v) is 10.3. The summed E-state index contributed by atoms with van der Waals surface area (Å²) in [5.74, 6) is 0. The molecule has 17 heavy (non-hydrogen) atoms. The predicted molar refractivity (Wildman–Crippen MR) is 72.3 cm³/mol. The number of rotatable bonds is 2. The minimum atomic E-state index is 0.696. The van der Waals surface area contributed by atoms with Crippen molar-refractivity contribution >= 4 is 22.3 Å². The number of hydrogen-bond donors (Lipinski definition) is 1. The van der Waals surface area contributed by atoms with E-state index in [2.05, 4.69) is 23.0 Å². The molecule has 1 aromatic carbocycles. The number of aromatic nitrogens is 1. The molecule has 1 aliphatic rings. The monoisotopic (exact) mass is 227 g/mol. The summed E-state index contributed by atoms with van der Waals surface area (Å²) >= 11 is 0. The van der Waals surface area contributed by atoms with Crippen LogP contribution in [0.25, 0.3) is 10.9 Å². The Bertz CT molecular complexity index is 573. The summed E-state index contributed by atoms with van der Waals surface area (Å²) in [6.07, 6.45) is 2.59. The van der Waals surface area contributed by atoms with Crippen LogP contribution in [0.1, 0.15) is 18.5 Å². The molecule has 0 spiro atoms. The first-order valence-electron chi connectivity index (χ1n) is 6.05. The van der Waals surface area contributed by atoms with Crippen LogP contribution in [0, 0.1) is 6.92 Å². The van der Waals surface area contributed by atoms with Gasteiger partial charge in [-0.15, -0.1) is 0 Å². The molecule has 0 saturated heterocycles. The molecule has 1 aromatic heterocycles. The van der Waals surface area contributed by atoms with E-state index in [0.717, 1.165) is 22.3 Å². The second kappa shape index (κ2) is 3.62. The molecule has 3 heteroatoms. The van der Waals surface area contributed by atoms with Crippen LogP contribution in [-0.2, 0) is 0 Å². The second-order valence-corrected chi connectivity index (χ2v) is 4.90. The summed E-state index contributed by atoms with van der Waals surface area (Å²) in [5, 5.41) is 1.16. The molecule has 1 aliphatic carbocycles. The SMILES string of the molecule is Cc1cc(N(C)C2CC2)c2cc(N)ccc2n1. The Balaban J connectivity index is 2.23. The molecule has 1 fully saturated rings. The van der Waals surface area contributed by atoms with E-state index in [1.165, 1.54) is 18.5 Å². The third kappa shape index (κ3) is 1.82. The fourth-order valence-corrected chi connectivity index (χ4v) is 2.30. The maximum Gasteiger partial charge on any atom is 0.0727 e. The highest BCUT2D eigenvalue weighted by atomic mass is 15.2. The van der Waals surface area contributed by atoms with Crippen molar-refractivity contribution in [2.45, 2.75) is 25.8 Å². The molecule has 0 amide bonds. The molecule has 2 N–H and O–H groups in total. The minimum absolute atomic E-state index is 0.696. The number of aryl methyl sites for hydroxylation is 1. The number of benzene rings is 1. The first kappa shape index (κ1) is 10.4. The highest BCUT2D eigenvalue weighted by Gasteiger charge is 2.27. The first-order chi connectivity index (χ1) is 8.15. The molecule has 0 bridgehead atoms. The molecule has 88 valence electrons. The minimum Gasteiger partial charge on any atom is -0.399 e. The van der Waals surface area contributed by atoms with Crippen LogP contribution in [0.3, 0.4) is 0 Å². The topological polar surface area (TPSA) is 42.1 Å². The summed E-state index contributed by atoms with van der Waals surface area (Å²) in [6.45, 7) is 2.04. The van der Waals surface area contributed by atoms with Crippen molar-refractivity contribution in [1.29, 1.82) is 0 Å². The van der Waals surface area contributed by atoms with Crippen LogP contribution in [-0.4, -0.2) is 18.1 Å². The summed E-state index contributed by atoms with van der Waals surface area (Å²) in [4.78, 5) is 6.91. The van der Waals surface area contributed by atoms with Gasteiger partial charge in [-0.1, -0.05) is 0 Å². The Kier molecular flexibility index (Phi) is 2.21. The van der Waals surface area contributed by atoms with Gasteiger partial charge in [-0.25, -0.2) is 0 Å². The second-order valence-electron chi connectivity index (χ2n) is 4.90. The molecule has 1 saturated carbocycles. The van der Waals surface area contributed by atoms with Crippen molar-refractivity contribution in [3.63, 3.8) is 0 Å². The van der Waals surface area contributed by atoms with Gasteiger partial charge < -0.3 is 10.6 Å². The number of hydrogen-bond acceptors (Lipinski definition) is 3. The number of pyridine rings is 1. The van der Waals surface area contributed by atoms with Crippen molar-refractivity contribution in [3.8, 4) is 0 Å². The Labute approximate surface area is 101 Å². The molecular weight excluding hydrogens is 210 g/mol. The van der Waals surface area contributed by atoms with Gasteiger partial charge in [0.05, 0.1) is 5.52 Å². The number of nitrogens with zero attached hydrogens (tertiary/aromatic N) is 2. The van der Waals surface area contributed by atoms with Gasteiger partial charge in [0.1, 0.15) is 0 Å². The Hall–Kier alpha value is -1.77. The van der Waals surface area contributed by atoms with Crippen LogP contribution in [0.4, 0.5) is 11.4 Å². The number of nitrogens with two attached hydrogens (primary N) is 1. The Morgan fingerprint density at radius 3 is 2.76 bits per heavy atom. The number of nitrogen functional groups attached to an aromatic ring is 1. The van der Waals surface area contributed by atoms with Crippen molar-refractivity contribution in [2.24, 2.45) is 0 Å². The van der Waals surface area contributed by atoms with E-state index in [4.69, 9.17) is 5.73 Å². The van der Waals surface area contributed by atoms with Gasteiger partial charge in [0.2, 0.25) is 0 Å². The third-order valence-electron chi connectivity index (χ3n) is 3.41. The van der Waals surface area contributed by atoms with Crippen LogP contribution >= 0.6 is 0 Å². The van der Waals surface area contributed by atoms with E-state index in [1.54, 1.807) is 0 Å². The molecule has 0 unspecified atom stereocenters. The Morgan fingerprint density at radius 2 is 2.06 bits per heavy atom. The standard InChI is InChI=1S/C14H17N3/c1-9-7-14(17(2)11-4-5-11)12-8-10(15)3-6-13(12)16-9/h3,6-8,11H,4-5,15H2,1-2H3. The average Bonchev–Trinajstić information content (AvgIpc) is 3.11. The van der Waals surface area contributed by atoms with Gasteiger partial charge in [-0.05, 0) is 44.0 Å². The van der Waals surface area contributed by atoms with Gasteiger partial charge in [0.25, 0.3) is 0 Å². The third-order valence-corrected chi connectivity index (χ3v) is 3.41. The van der Waals surface area contributed by atoms with Crippen molar-refractivity contribution < 1.29 is 0 Å². The lowest BCUT2D eigenvalue weighted by Crippen LogP contribution is -2.20. The maximum atomic E-state index is 5.88. The largest absolute Gasteiger partial charge is 0.399 e. The molecule has 0 atom stereocenters. The highest BCUT2D eigenvalue weighted by Crippen LogP contribution is 2.35. The Morgan fingerprint density at radius 1 is 1.29 bits per heavy atom. The van der Waals surface area contributed by atoms with Gasteiger partial charge in [-0.3, -0.25) is 4.98 Å². The number of fused-ring (bicyclic) bond motifs is 1. The molecule has 2 aromatic rings. The summed E-state index contributed by atoms with van der Waals surface area (Å²) in [6, 6.07) is 8.79. The molecule has 0 aliphatic heterocycles. The van der Waals surface area contributed by atoms with Crippen LogP contribution in [0.2, 0.25) is 0 Å². The lowest BCUT2D eigenvalue weighted by molar-refractivity contribution is 0.919. The first-order valence-corrected chi connectivity index (χ1v) is 6.05. The average molecular weight is 227 g/mol. The molecule has 3 nitrogen and oxygen atoms in total. The van der Waals surface area contributed by atoms with Crippen LogP contribution < -0.4 is 10.6 Å². The van der Waals surface area contributed by atoms with Gasteiger partial charge in [-0.2, -0.15) is 0 Å². The normalized spacial score (nSPS) is 15.2. The van der Waals surface area contributed by atoms with Crippen molar-refractivity contribution in [2.75, 3.05) is 17.7 Å². The quantitative estimate of drug-likeness (QED) is 0.802. The summed E-state index contributed by atoms with van der Waals surface area (Å²) < 4.78 is 0. The van der Waals surface area contributed by atoms with E-state index in [1.807, 2.05) is 25.1 Å². The predicted octanol–water partition coefficient (Wildman–Crippen LogP) is 2.72. The molecule has 3 rings (SSSR count). The lowest BCUT2D eigenvalue weighted by atomic mass is 10.1. The fraction of sp³-hybridized carbons (Fsp3) is 0.357. The zero-order chi connectivity index (χ0) is 12.0. The number of anilines is 2. The summed E-state index contributed by atoms with van der Waals surface area (Å²) in [5.41, 5.74) is 10.0. The van der Waals surface area contributed by atoms with Crippen LogP contribution in [0.5, 0.6) is 0 Å². The van der Waals surface area contributed by atoms with Crippen molar-refractivity contribution in [1.82, 2.24) is 4.98 Å². The van der Waals surface area contributed by atoms with Gasteiger partial charge in [0, 0.05) is 35.5 Å².